The summed E-state index contributed by atoms with van der Waals surface area (Å²) in [5.74, 6) is -0.238. The van der Waals surface area contributed by atoms with Crippen molar-refractivity contribution in [2.45, 2.75) is 37.3 Å². The second-order valence-corrected chi connectivity index (χ2v) is 8.34. The lowest BCUT2D eigenvalue weighted by atomic mass is 10.1. The molecule has 0 radical (unpaired) electrons. The number of nitrogens with one attached hydrogen (secondary N) is 3. The van der Waals surface area contributed by atoms with Crippen molar-refractivity contribution in [1.82, 2.24) is 16.0 Å². The lowest BCUT2D eigenvalue weighted by Crippen LogP contribution is -2.54. The first-order chi connectivity index (χ1) is 13.6. The maximum atomic E-state index is 13.8. The van der Waals surface area contributed by atoms with Crippen LogP contribution in [0.1, 0.15) is 22.3 Å². The highest BCUT2D eigenvalue weighted by Crippen LogP contribution is 2.23. The molecular weight excluding hydrogens is 377 g/mol. The van der Waals surface area contributed by atoms with Crippen LogP contribution in [0, 0.1) is 5.82 Å². The standard InChI is InChI=1S/C21H22FN3O2S/c22-17-4-2-1-3-14(17)8-19-21(27)25-18(12-28-19)20(26)24-9-13-5-6-15-10-23-11-16(15)7-13/h1-7,18-19,23H,8-12H2,(H,24,26)(H,25,27). The average molecular weight is 399 g/mol. The minimum Gasteiger partial charge on any atom is -0.350 e. The summed E-state index contributed by atoms with van der Waals surface area (Å²) in [4.78, 5) is 24.8. The number of thioether (sulfide) groups is 1. The molecule has 2 atom stereocenters. The number of carbonyl (C=O) groups is 2. The summed E-state index contributed by atoms with van der Waals surface area (Å²) in [6.45, 7) is 2.18. The number of hydrogen-bond acceptors (Lipinski definition) is 4. The van der Waals surface area contributed by atoms with Gasteiger partial charge in [0.1, 0.15) is 11.9 Å². The summed E-state index contributed by atoms with van der Waals surface area (Å²) in [5.41, 5.74) is 4.13. The van der Waals surface area contributed by atoms with E-state index in [1.54, 1.807) is 18.2 Å². The van der Waals surface area contributed by atoms with Gasteiger partial charge in [-0.3, -0.25) is 9.59 Å². The molecule has 2 aliphatic rings. The van der Waals surface area contributed by atoms with E-state index in [1.807, 2.05) is 6.07 Å². The Kier molecular flexibility index (Phi) is 5.64. The zero-order valence-electron chi connectivity index (χ0n) is 15.3. The molecule has 0 aliphatic carbocycles. The largest absolute Gasteiger partial charge is 0.350 e. The van der Waals surface area contributed by atoms with Gasteiger partial charge in [0.2, 0.25) is 11.8 Å². The first kappa shape index (κ1) is 19.0. The number of benzene rings is 2. The Morgan fingerprint density at radius 1 is 1.18 bits per heavy atom. The molecule has 0 saturated carbocycles. The number of rotatable bonds is 5. The van der Waals surface area contributed by atoms with Gasteiger partial charge in [-0.05, 0) is 34.7 Å². The van der Waals surface area contributed by atoms with Crippen molar-refractivity contribution >= 4 is 23.6 Å². The van der Waals surface area contributed by atoms with Crippen LogP contribution < -0.4 is 16.0 Å². The SMILES string of the molecule is O=C(NCc1ccc2c(c1)CNC2)C1CSC(Cc2ccccc2F)C(=O)N1. The molecule has 2 unspecified atom stereocenters. The first-order valence-electron chi connectivity index (χ1n) is 9.34. The lowest BCUT2D eigenvalue weighted by molar-refractivity contribution is -0.128. The highest BCUT2D eigenvalue weighted by atomic mass is 32.2. The zero-order chi connectivity index (χ0) is 19.5. The van der Waals surface area contributed by atoms with E-state index >= 15 is 0 Å². The van der Waals surface area contributed by atoms with Gasteiger partial charge >= 0.3 is 0 Å². The molecule has 2 aliphatic heterocycles. The fraction of sp³-hybridized carbons (Fsp3) is 0.333. The number of hydrogen-bond donors (Lipinski definition) is 3. The van der Waals surface area contributed by atoms with Crippen molar-refractivity contribution in [3.63, 3.8) is 0 Å². The van der Waals surface area contributed by atoms with E-state index in [4.69, 9.17) is 0 Å². The number of fused-ring (bicyclic) bond motifs is 1. The molecule has 2 amide bonds. The molecule has 5 nitrogen and oxygen atoms in total. The molecule has 7 heteroatoms. The summed E-state index contributed by atoms with van der Waals surface area (Å²) in [6.07, 6.45) is 0.320. The molecule has 3 N–H and O–H groups in total. The van der Waals surface area contributed by atoms with Crippen LogP contribution in [0.5, 0.6) is 0 Å². The maximum absolute atomic E-state index is 13.8. The predicted molar refractivity (Wildman–Crippen MR) is 107 cm³/mol. The Morgan fingerprint density at radius 3 is 2.82 bits per heavy atom. The van der Waals surface area contributed by atoms with Crippen LogP contribution in [0.4, 0.5) is 4.39 Å². The van der Waals surface area contributed by atoms with E-state index in [9.17, 15) is 14.0 Å². The average Bonchev–Trinajstić information content (AvgIpc) is 3.17. The Balaban J connectivity index is 1.29. The third kappa shape index (κ3) is 4.20. The molecule has 0 aromatic heterocycles. The molecule has 146 valence electrons. The van der Waals surface area contributed by atoms with Crippen LogP contribution in [-0.4, -0.2) is 28.9 Å². The van der Waals surface area contributed by atoms with Crippen LogP contribution >= 0.6 is 11.8 Å². The van der Waals surface area contributed by atoms with Crippen molar-refractivity contribution in [2.24, 2.45) is 0 Å². The summed E-state index contributed by atoms with van der Waals surface area (Å²) < 4.78 is 13.8. The van der Waals surface area contributed by atoms with Crippen LogP contribution in [-0.2, 0) is 35.6 Å². The molecule has 0 bridgehead atoms. The lowest BCUT2D eigenvalue weighted by Gasteiger charge is -2.28. The van der Waals surface area contributed by atoms with E-state index in [-0.39, 0.29) is 22.9 Å². The van der Waals surface area contributed by atoms with Gasteiger partial charge in [-0.25, -0.2) is 4.39 Å². The number of halogens is 1. The van der Waals surface area contributed by atoms with Crippen LogP contribution in [0.15, 0.2) is 42.5 Å². The Labute approximate surface area is 167 Å². The minimum absolute atomic E-state index is 0.191. The quantitative estimate of drug-likeness (QED) is 0.718. The van der Waals surface area contributed by atoms with E-state index < -0.39 is 6.04 Å². The van der Waals surface area contributed by atoms with Gasteiger partial charge in [0.05, 0.1) is 5.25 Å². The second kappa shape index (κ2) is 8.32. The van der Waals surface area contributed by atoms with E-state index in [2.05, 4.69) is 28.1 Å². The van der Waals surface area contributed by atoms with Gasteiger partial charge < -0.3 is 16.0 Å². The molecule has 0 spiro atoms. The summed E-state index contributed by atoms with van der Waals surface area (Å²) >= 11 is 1.40. The first-order valence-corrected chi connectivity index (χ1v) is 10.4. The summed E-state index contributed by atoms with van der Waals surface area (Å²) in [5, 5.41) is 8.60. The highest BCUT2D eigenvalue weighted by Gasteiger charge is 2.32. The van der Waals surface area contributed by atoms with Gasteiger partial charge in [-0.1, -0.05) is 36.4 Å². The topological polar surface area (TPSA) is 70.2 Å². The molecule has 4 rings (SSSR count). The Bertz CT molecular complexity index is 905. The van der Waals surface area contributed by atoms with Gasteiger partial charge in [-0.2, -0.15) is 0 Å². The fourth-order valence-corrected chi connectivity index (χ4v) is 4.70. The van der Waals surface area contributed by atoms with E-state index in [1.165, 1.54) is 29.0 Å². The van der Waals surface area contributed by atoms with Crippen LogP contribution in [0.3, 0.4) is 0 Å². The van der Waals surface area contributed by atoms with Gasteiger partial charge in [-0.15, -0.1) is 11.8 Å². The van der Waals surface area contributed by atoms with E-state index in [0.29, 0.717) is 24.3 Å². The van der Waals surface area contributed by atoms with Gasteiger partial charge in [0, 0.05) is 25.4 Å². The van der Waals surface area contributed by atoms with Gasteiger partial charge in [0.25, 0.3) is 0 Å². The Morgan fingerprint density at radius 2 is 2.00 bits per heavy atom. The minimum atomic E-state index is -0.564. The summed E-state index contributed by atoms with van der Waals surface area (Å²) in [6, 6.07) is 12.1. The molecule has 1 saturated heterocycles. The molecule has 28 heavy (non-hydrogen) atoms. The smallest absolute Gasteiger partial charge is 0.243 e. The van der Waals surface area contributed by atoms with Crippen molar-refractivity contribution in [2.75, 3.05) is 5.75 Å². The normalized spacial score (nSPS) is 21.1. The monoisotopic (exact) mass is 399 g/mol. The zero-order valence-corrected chi connectivity index (χ0v) is 16.2. The van der Waals surface area contributed by atoms with Crippen LogP contribution in [0.2, 0.25) is 0 Å². The predicted octanol–water partition coefficient (Wildman–Crippen LogP) is 1.89. The molecule has 1 fully saturated rings. The van der Waals surface area contributed by atoms with Gasteiger partial charge in [0.15, 0.2) is 0 Å². The van der Waals surface area contributed by atoms with E-state index in [0.717, 1.165) is 18.7 Å². The maximum Gasteiger partial charge on any atom is 0.243 e. The third-order valence-corrected chi connectivity index (χ3v) is 6.43. The van der Waals surface area contributed by atoms with Crippen molar-refractivity contribution in [3.05, 3.63) is 70.5 Å². The van der Waals surface area contributed by atoms with Crippen molar-refractivity contribution in [1.29, 1.82) is 0 Å². The molecular formula is C21H22FN3O2S. The number of amides is 2. The molecule has 2 aromatic rings. The number of carbonyl (C=O) groups excluding carboxylic acids is 2. The van der Waals surface area contributed by atoms with Crippen LogP contribution in [0.25, 0.3) is 0 Å². The highest BCUT2D eigenvalue weighted by molar-refractivity contribution is 8.00. The molecule has 2 aromatic carbocycles. The van der Waals surface area contributed by atoms with Crippen molar-refractivity contribution < 1.29 is 14.0 Å². The van der Waals surface area contributed by atoms with Crippen molar-refractivity contribution in [3.8, 4) is 0 Å². The molecule has 2 heterocycles. The third-order valence-electron chi connectivity index (χ3n) is 5.12. The Hall–Kier alpha value is -2.38. The second-order valence-electron chi connectivity index (χ2n) is 7.10. The summed E-state index contributed by atoms with van der Waals surface area (Å²) in [7, 11) is 0. The fourth-order valence-electron chi connectivity index (χ4n) is 3.52.